The fraction of sp³-hybridized carbons (Fsp3) is 0.643. The second kappa shape index (κ2) is 9.44. The molecular weight excluding hydrogens is 248 g/mol. The normalized spacial score (nSPS) is 10.8. The third-order valence-electron chi connectivity index (χ3n) is 2.16. The van der Waals surface area contributed by atoms with E-state index in [2.05, 4.69) is 27.0 Å². The highest BCUT2D eigenvalue weighted by Gasteiger charge is 2.25. The summed E-state index contributed by atoms with van der Waals surface area (Å²) in [7, 11) is 0. The second-order valence-corrected chi connectivity index (χ2v) is 5.47. The number of aliphatic hydroxyl groups excluding tert-OH is 1. The van der Waals surface area contributed by atoms with Crippen molar-refractivity contribution in [3.05, 3.63) is 25.7 Å². The maximum atomic E-state index is 10.1. The Morgan fingerprint density at radius 1 is 1.11 bits per heavy atom. The van der Waals surface area contributed by atoms with E-state index in [1.54, 1.807) is 0 Å². The molecule has 112 valence electrons. The Balaban J connectivity index is 0. The molecule has 0 spiro atoms. The summed E-state index contributed by atoms with van der Waals surface area (Å²) in [5, 5.41) is 16.7. The molecule has 0 radical (unpaired) electrons. The Morgan fingerprint density at radius 2 is 1.47 bits per heavy atom. The van der Waals surface area contributed by atoms with E-state index in [-0.39, 0.29) is 12.0 Å². The van der Waals surface area contributed by atoms with Crippen LogP contribution in [0, 0.1) is 10.8 Å². The lowest BCUT2D eigenvalue weighted by Gasteiger charge is -2.22. The molecule has 0 aromatic rings. The van der Waals surface area contributed by atoms with Crippen LogP contribution in [0.2, 0.25) is 0 Å². The van der Waals surface area contributed by atoms with Crippen LogP contribution in [0.15, 0.2) is 25.7 Å². The summed E-state index contributed by atoms with van der Waals surface area (Å²) >= 11 is 0. The van der Waals surface area contributed by atoms with Crippen molar-refractivity contribution in [2.75, 3.05) is 19.8 Å². The molecule has 0 amide bonds. The second-order valence-electron chi connectivity index (χ2n) is 5.47. The van der Waals surface area contributed by atoms with E-state index in [1.165, 1.54) is 26.4 Å². The van der Waals surface area contributed by atoms with Crippen molar-refractivity contribution >= 4 is 5.97 Å². The fourth-order valence-electron chi connectivity index (χ4n) is 0.678. The molecule has 0 saturated carbocycles. The van der Waals surface area contributed by atoms with Crippen molar-refractivity contribution in [1.82, 2.24) is 0 Å². The summed E-state index contributed by atoms with van der Waals surface area (Å²) in [5.41, 5.74) is -0.970. The van der Waals surface area contributed by atoms with Crippen LogP contribution in [-0.2, 0) is 14.3 Å². The topological polar surface area (TPSA) is 76.0 Å². The van der Waals surface area contributed by atoms with Gasteiger partial charge in [-0.25, -0.2) is 0 Å². The number of rotatable bonds is 8. The van der Waals surface area contributed by atoms with Crippen LogP contribution in [0.4, 0.5) is 0 Å². The lowest BCUT2D eigenvalue weighted by molar-refractivity contribution is -0.148. The number of carboxylic acids is 1. The zero-order chi connectivity index (χ0) is 15.5. The number of carbonyl (C=O) groups is 1. The molecule has 0 unspecified atom stereocenters. The number of ether oxygens (including phenoxy) is 2. The monoisotopic (exact) mass is 274 g/mol. The molecule has 0 aromatic carbocycles. The quantitative estimate of drug-likeness (QED) is 0.665. The molecule has 0 heterocycles. The lowest BCUT2D eigenvalue weighted by Crippen LogP contribution is -2.27. The van der Waals surface area contributed by atoms with Crippen LogP contribution < -0.4 is 0 Å². The molecule has 0 atom stereocenters. The number of aliphatic hydroxyl groups is 1. The summed E-state index contributed by atoms with van der Waals surface area (Å²) in [6.07, 6.45) is 2.88. The van der Waals surface area contributed by atoms with Crippen LogP contribution in [0.25, 0.3) is 0 Å². The minimum absolute atomic E-state index is 0.0162. The first kappa shape index (κ1) is 19.8. The average molecular weight is 274 g/mol. The van der Waals surface area contributed by atoms with Gasteiger partial charge in [-0.1, -0.05) is 27.0 Å². The van der Waals surface area contributed by atoms with Gasteiger partial charge in [-0.15, -0.1) is 0 Å². The van der Waals surface area contributed by atoms with Gasteiger partial charge in [0.05, 0.1) is 37.8 Å². The van der Waals surface area contributed by atoms with Crippen molar-refractivity contribution in [3.63, 3.8) is 0 Å². The first-order valence-corrected chi connectivity index (χ1v) is 5.92. The smallest absolute Gasteiger partial charge is 0.311 e. The summed E-state index contributed by atoms with van der Waals surface area (Å²) in [6.45, 7) is 14.9. The van der Waals surface area contributed by atoms with Crippen molar-refractivity contribution in [2.24, 2.45) is 10.8 Å². The zero-order valence-electron chi connectivity index (χ0n) is 12.3. The van der Waals surface area contributed by atoms with Gasteiger partial charge < -0.3 is 19.7 Å². The third kappa shape index (κ3) is 11.3. The highest BCUT2D eigenvalue weighted by atomic mass is 16.5. The molecule has 0 saturated heterocycles. The molecule has 0 aliphatic heterocycles. The maximum Gasteiger partial charge on any atom is 0.311 e. The summed E-state index contributed by atoms with van der Waals surface area (Å²) < 4.78 is 10.1. The molecule has 0 fully saturated rings. The Morgan fingerprint density at radius 3 is 1.63 bits per heavy atom. The van der Waals surface area contributed by atoms with Crippen molar-refractivity contribution in [1.29, 1.82) is 0 Å². The van der Waals surface area contributed by atoms with E-state index in [0.29, 0.717) is 13.2 Å². The minimum Gasteiger partial charge on any atom is -0.501 e. The molecule has 5 nitrogen and oxygen atoms in total. The molecule has 0 aliphatic carbocycles. The first-order valence-electron chi connectivity index (χ1n) is 5.92. The van der Waals surface area contributed by atoms with Gasteiger partial charge in [0.2, 0.25) is 0 Å². The van der Waals surface area contributed by atoms with Crippen molar-refractivity contribution < 1.29 is 24.5 Å². The maximum absolute atomic E-state index is 10.1. The van der Waals surface area contributed by atoms with Crippen LogP contribution in [0.3, 0.4) is 0 Å². The molecule has 0 aliphatic rings. The number of hydrogen-bond acceptors (Lipinski definition) is 4. The highest BCUT2D eigenvalue weighted by Crippen LogP contribution is 2.15. The zero-order valence-corrected chi connectivity index (χ0v) is 12.3. The summed E-state index contributed by atoms with van der Waals surface area (Å²) in [4.78, 5) is 10.1. The minimum atomic E-state index is -0.986. The van der Waals surface area contributed by atoms with Gasteiger partial charge in [0, 0.05) is 5.41 Å². The largest absolute Gasteiger partial charge is 0.501 e. The summed E-state index contributed by atoms with van der Waals surface area (Å²) in [5.74, 6) is -0.972. The summed E-state index contributed by atoms with van der Waals surface area (Å²) in [6, 6.07) is 0. The number of aliphatic carboxylic acids is 1. The Bertz CT molecular complexity index is 268. The molecule has 19 heavy (non-hydrogen) atoms. The van der Waals surface area contributed by atoms with Crippen molar-refractivity contribution in [3.8, 4) is 0 Å². The van der Waals surface area contributed by atoms with E-state index in [0.717, 1.165) is 0 Å². The fourth-order valence-corrected chi connectivity index (χ4v) is 0.678. The van der Waals surface area contributed by atoms with Gasteiger partial charge in [-0.3, -0.25) is 4.79 Å². The Kier molecular flexibility index (Phi) is 9.86. The van der Waals surface area contributed by atoms with Gasteiger partial charge in [0.25, 0.3) is 0 Å². The lowest BCUT2D eigenvalue weighted by atomic mass is 9.96. The molecule has 0 aromatic heterocycles. The molecule has 2 N–H and O–H groups in total. The van der Waals surface area contributed by atoms with Gasteiger partial charge in [0.1, 0.15) is 0 Å². The molecule has 5 heteroatoms. The molecular formula is C14H26O5. The van der Waals surface area contributed by atoms with E-state index in [9.17, 15) is 4.79 Å². The van der Waals surface area contributed by atoms with Crippen molar-refractivity contribution in [2.45, 2.75) is 27.7 Å². The third-order valence-corrected chi connectivity index (χ3v) is 2.16. The predicted octanol–water partition coefficient (Wildman–Crippen LogP) is 2.42. The number of carboxylic acid groups (broad SMARTS) is 1. The molecule has 0 bridgehead atoms. The van der Waals surface area contributed by atoms with E-state index >= 15 is 0 Å². The van der Waals surface area contributed by atoms with Crippen LogP contribution in [0.5, 0.6) is 0 Å². The van der Waals surface area contributed by atoms with E-state index in [1.807, 2.05) is 0 Å². The van der Waals surface area contributed by atoms with Crippen LogP contribution in [0.1, 0.15) is 27.7 Å². The van der Waals surface area contributed by atoms with Gasteiger partial charge in [0.15, 0.2) is 0 Å². The van der Waals surface area contributed by atoms with Gasteiger partial charge in [-0.05, 0) is 13.8 Å². The highest BCUT2D eigenvalue weighted by molar-refractivity contribution is 5.73. The predicted molar refractivity (Wildman–Crippen MR) is 74.6 cm³/mol. The van der Waals surface area contributed by atoms with E-state index in [4.69, 9.17) is 19.7 Å². The Hall–Kier alpha value is -1.49. The SMILES string of the molecule is C=COCC(C)(C)COC=C.CC(C)(CO)C(=O)O. The Labute approximate surface area is 115 Å². The van der Waals surface area contributed by atoms with Crippen LogP contribution >= 0.6 is 0 Å². The molecule has 0 rings (SSSR count). The van der Waals surface area contributed by atoms with Gasteiger partial charge in [-0.2, -0.15) is 0 Å². The standard InChI is InChI=1S/C9H16O2.C5H10O3/c1-5-10-7-9(3,4)8-11-6-2;1-5(2,3-6)4(7)8/h5-6H,1-2,7-8H2,3-4H3;6H,3H2,1-2H3,(H,7,8). The number of hydrogen-bond donors (Lipinski definition) is 2. The van der Waals surface area contributed by atoms with Crippen LogP contribution in [-0.4, -0.2) is 36.0 Å². The first-order chi connectivity index (χ1) is 8.63. The average Bonchev–Trinajstić information content (AvgIpc) is 2.34. The van der Waals surface area contributed by atoms with E-state index < -0.39 is 11.4 Å². The van der Waals surface area contributed by atoms with Gasteiger partial charge >= 0.3 is 5.97 Å².